The van der Waals surface area contributed by atoms with Gasteiger partial charge >= 0.3 is 0 Å². The van der Waals surface area contributed by atoms with E-state index in [2.05, 4.69) is 15.5 Å². The Bertz CT molecular complexity index is 450. The van der Waals surface area contributed by atoms with E-state index in [0.29, 0.717) is 15.9 Å². The van der Waals surface area contributed by atoms with Crippen LogP contribution in [0.15, 0.2) is 11.2 Å². The highest BCUT2D eigenvalue weighted by atomic mass is 35.5. The molecule has 2 rings (SSSR count). The number of nitrogens with one attached hydrogen (secondary N) is 1. The van der Waals surface area contributed by atoms with Gasteiger partial charge in [0.25, 0.3) is 0 Å². The zero-order valence-corrected chi connectivity index (χ0v) is 12.1. The van der Waals surface area contributed by atoms with Crippen molar-refractivity contribution in [2.24, 2.45) is 5.10 Å². The quantitative estimate of drug-likeness (QED) is 0.465. The van der Waals surface area contributed by atoms with Gasteiger partial charge in [-0.05, 0) is 31.7 Å². The molecule has 3 nitrogen and oxygen atoms in total. The summed E-state index contributed by atoms with van der Waals surface area (Å²) >= 11 is 17.7. The molecule has 98 valence electrons. The molecule has 1 aromatic rings. The van der Waals surface area contributed by atoms with E-state index in [4.69, 9.17) is 34.8 Å². The average Bonchev–Trinajstić information content (AvgIpc) is 2.60. The van der Waals surface area contributed by atoms with Crippen molar-refractivity contribution in [2.75, 3.05) is 5.43 Å². The molecular formula is C12H14Cl3N3. The SMILES string of the molecule is Clc1cc(Cl)c(NN=C2CCCCCC2)nc1Cl. The van der Waals surface area contributed by atoms with E-state index in [9.17, 15) is 0 Å². The topological polar surface area (TPSA) is 37.3 Å². The largest absolute Gasteiger partial charge is 0.260 e. The van der Waals surface area contributed by atoms with Gasteiger partial charge in [0.15, 0.2) is 5.82 Å². The van der Waals surface area contributed by atoms with Crippen LogP contribution in [0.3, 0.4) is 0 Å². The minimum absolute atomic E-state index is 0.227. The summed E-state index contributed by atoms with van der Waals surface area (Å²) < 4.78 is 0. The van der Waals surface area contributed by atoms with E-state index < -0.39 is 0 Å². The molecule has 1 N–H and O–H groups in total. The molecule has 1 aliphatic carbocycles. The van der Waals surface area contributed by atoms with Gasteiger partial charge in [-0.15, -0.1) is 0 Å². The normalized spacial score (nSPS) is 16.3. The smallest absolute Gasteiger partial charge is 0.166 e. The summed E-state index contributed by atoms with van der Waals surface area (Å²) in [6.45, 7) is 0. The van der Waals surface area contributed by atoms with Crippen LogP contribution in [0.2, 0.25) is 15.2 Å². The minimum atomic E-state index is 0.227. The number of pyridine rings is 1. The van der Waals surface area contributed by atoms with Gasteiger partial charge < -0.3 is 0 Å². The Labute approximate surface area is 122 Å². The first-order valence-corrected chi connectivity index (χ1v) is 7.13. The molecule has 6 heteroatoms. The second-order valence-corrected chi connectivity index (χ2v) is 5.47. The molecule has 0 aromatic carbocycles. The molecule has 18 heavy (non-hydrogen) atoms. The zero-order valence-electron chi connectivity index (χ0n) is 9.85. The van der Waals surface area contributed by atoms with Crippen molar-refractivity contribution in [3.8, 4) is 0 Å². The molecule has 0 aliphatic heterocycles. The molecule has 0 saturated heterocycles. The van der Waals surface area contributed by atoms with Gasteiger partial charge in [-0.2, -0.15) is 5.10 Å². The number of hydrogen-bond acceptors (Lipinski definition) is 3. The third kappa shape index (κ3) is 3.74. The monoisotopic (exact) mass is 305 g/mol. The number of nitrogens with zero attached hydrogens (tertiary/aromatic N) is 2. The number of anilines is 1. The maximum absolute atomic E-state index is 6.01. The van der Waals surface area contributed by atoms with Gasteiger partial charge in [-0.25, -0.2) is 4.98 Å². The molecule has 0 spiro atoms. The number of hydrazone groups is 1. The lowest BCUT2D eigenvalue weighted by atomic mass is 10.2. The van der Waals surface area contributed by atoms with E-state index in [1.165, 1.54) is 25.7 Å². The summed E-state index contributed by atoms with van der Waals surface area (Å²) in [4.78, 5) is 4.06. The van der Waals surface area contributed by atoms with E-state index in [0.717, 1.165) is 18.6 Å². The summed E-state index contributed by atoms with van der Waals surface area (Å²) in [5.74, 6) is 0.447. The minimum Gasteiger partial charge on any atom is -0.260 e. The van der Waals surface area contributed by atoms with Crippen molar-refractivity contribution >= 4 is 46.3 Å². The molecule has 1 fully saturated rings. The summed E-state index contributed by atoms with van der Waals surface area (Å²) in [6.07, 6.45) is 7.03. The van der Waals surface area contributed by atoms with Gasteiger partial charge in [0.05, 0.1) is 10.0 Å². The van der Waals surface area contributed by atoms with Gasteiger partial charge in [0.1, 0.15) is 5.15 Å². The van der Waals surface area contributed by atoms with Crippen molar-refractivity contribution in [1.29, 1.82) is 0 Å². The van der Waals surface area contributed by atoms with Crippen LogP contribution < -0.4 is 5.43 Å². The summed E-state index contributed by atoms with van der Waals surface area (Å²) in [7, 11) is 0. The summed E-state index contributed by atoms with van der Waals surface area (Å²) in [5, 5.41) is 5.35. The van der Waals surface area contributed by atoms with Crippen molar-refractivity contribution < 1.29 is 0 Å². The fraction of sp³-hybridized carbons (Fsp3) is 0.500. The van der Waals surface area contributed by atoms with Gasteiger partial charge in [0, 0.05) is 5.71 Å². The van der Waals surface area contributed by atoms with Crippen LogP contribution in [-0.2, 0) is 0 Å². The summed E-state index contributed by atoms with van der Waals surface area (Å²) in [5.41, 5.74) is 4.04. The second-order valence-electron chi connectivity index (χ2n) is 4.30. The van der Waals surface area contributed by atoms with Crippen LogP contribution in [0, 0.1) is 0 Å². The van der Waals surface area contributed by atoms with Crippen LogP contribution in [0.1, 0.15) is 38.5 Å². The lowest BCUT2D eigenvalue weighted by Gasteiger charge is -2.06. The van der Waals surface area contributed by atoms with E-state index in [-0.39, 0.29) is 5.15 Å². The Morgan fingerprint density at radius 2 is 1.67 bits per heavy atom. The van der Waals surface area contributed by atoms with Crippen LogP contribution in [0.4, 0.5) is 5.82 Å². The highest BCUT2D eigenvalue weighted by Crippen LogP contribution is 2.29. The maximum Gasteiger partial charge on any atom is 0.166 e. The van der Waals surface area contributed by atoms with Crippen LogP contribution in [-0.4, -0.2) is 10.7 Å². The predicted octanol–water partition coefficient (Wildman–Crippen LogP) is 5.16. The first-order chi connectivity index (χ1) is 8.66. The Hall–Kier alpha value is -0.510. The Balaban J connectivity index is 2.09. The molecular weight excluding hydrogens is 293 g/mol. The van der Waals surface area contributed by atoms with E-state index >= 15 is 0 Å². The van der Waals surface area contributed by atoms with Crippen LogP contribution in [0.25, 0.3) is 0 Å². The third-order valence-electron chi connectivity index (χ3n) is 2.89. The van der Waals surface area contributed by atoms with Gasteiger partial charge in [0.2, 0.25) is 0 Å². The number of aromatic nitrogens is 1. The Kier molecular flexibility index (Phi) is 5.10. The molecule has 0 bridgehead atoms. The number of rotatable bonds is 2. The molecule has 0 amide bonds. The van der Waals surface area contributed by atoms with Crippen molar-refractivity contribution in [2.45, 2.75) is 38.5 Å². The number of halogens is 3. The fourth-order valence-corrected chi connectivity index (χ4v) is 2.44. The highest BCUT2D eigenvalue weighted by Gasteiger charge is 2.09. The Morgan fingerprint density at radius 1 is 1.00 bits per heavy atom. The van der Waals surface area contributed by atoms with Crippen molar-refractivity contribution in [3.63, 3.8) is 0 Å². The Morgan fingerprint density at radius 3 is 2.33 bits per heavy atom. The first-order valence-electron chi connectivity index (χ1n) is 6.00. The average molecular weight is 307 g/mol. The highest BCUT2D eigenvalue weighted by molar-refractivity contribution is 6.42. The van der Waals surface area contributed by atoms with Crippen molar-refractivity contribution in [1.82, 2.24) is 4.98 Å². The molecule has 0 radical (unpaired) electrons. The summed E-state index contributed by atoms with van der Waals surface area (Å²) in [6, 6.07) is 1.56. The zero-order chi connectivity index (χ0) is 13.0. The van der Waals surface area contributed by atoms with Gasteiger partial charge in [-0.3, -0.25) is 5.43 Å². The van der Waals surface area contributed by atoms with E-state index in [1.54, 1.807) is 6.07 Å². The standard InChI is InChI=1S/C12H14Cl3N3/c13-9-7-10(14)12(16-11(9)15)18-17-8-5-3-1-2-4-6-8/h7H,1-6H2,(H,16,18). The third-order valence-corrected chi connectivity index (χ3v) is 3.85. The van der Waals surface area contributed by atoms with Crippen LogP contribution in [0.5, 0.6) is 0 Å². The van der Waals surface area contributed by atoms with Crippen LogP contribution >= 0.6 is 34.8 Å². The molecule has 1 aliphatic rings. The second kappa shape index (κ2) is 6.60. The lowest BCUT2D eigenvalue weighted by molar-refractivity contribution is 0.702. The molecule has 1 heterocycles. The van der Waals surface area contributed by atoms with Gasteiger partial charge in [-0.1, -0.05) is 47.6 Å². The van der Waals surface area contributed by atoms with E-state index in [1.807, 2.05) is 0 Å². The maximum atomic E-state index is 6.01. The van der Waals surface area contributed by atoms with Crippen molar-refractivity contribution in [3.05, 3.63) is 21.3 Å². The molecule has 0 atom stereocenters. The molecule has 1 saturated carbocycles. The molecule has 1 aromatic heterocycles. The fourth-order valence-electron chi connectivity index (χ4n) is 1.90. The predicted molar refractivity (Wildman–Crippen MR) is 78.0 cm³/mol. The lowest BCUT2D eigenvalue weighted by Crippen LogP contribution is -2.02. The number of hydrogen-bond donors (Lipinski definition) is 1. The first kappa shape index (κ1) is 13.9. The molecule has 0 unspecified atom stereocenters.